The predicted octanol–water partition coefficient (Wildman–Crippen LogP) is 6.19. The van der Waals surface area contributed by atoms with Crippen molar-refractivity contribution in [3.05, 3.63) is 103 Å². The molecule has 0 aliphatic carbocycles. The van der Waals surface area contributed by atoms with Gasteiger partial charge in [0.2, 0.25) is 0 Å². The third-order valence-corrected chi connectivity index (χ3v) is 5.92. The molecule has 0 saturated heterocycles. The molecule has 5 aromatic rings. The Labute approximate surface area is 185 Å². The molecule has 0 saturated carbocycles. The minimum absolute atomic E-state index is 0.242. The zero-order chi connectivity index (χ0) is 21.5. The van der Waals surface area contributed by atoms with E-state index >= 15 is 0 Å². The molecule has 0 N–H and O–H groups in total. The monoisotopic (exact) mass is 418 g/mol. The molecule has 6 rings (SSSR count). The van der Waals surface area contributed by atoms with Crippen LogP contribution in [0.25, 0.3) is 33.4 Å². The Hall–Kier alpha value is -4.12. The zero-order valence-electron chi connectivity index (χ0n) is 17.2. The normalized spacial score (nSPS) is 12.8. The number of fused-ring (bicyclic) bond motifs is 2. The van der Waals surface area contributed by atoms with Crippen LogP contribution in [0.3, 0.4) is 0 Å². The van der Waals surface area contributed by atoms with E-state index in [1.807, 2.05) is 24.3 Å². The fraction of sp³-hybridized carbons (Fsp3) is 0.0741. The highest BCUT2D eigenvalue weighted by molar-refractivity contribution is 5.96. The summed E-state index contributed by atoms with van der Waals surface area (Å²) >= 11 is 0. The van der Waals surface area contributed by atoms with Crippen LogP contribution in [-0.4, -0.2) is 21.5 Å². The second-order valence-electron chi connectivity index (χ2n) is 7.88. The average Bonchev–Trinajstić information content (AvgIpc) is 3.28. The number of pyridine rings is 1. The minimum atomic E-state index is -0.242. The van der Waals surface area contributed by atoms with Gasteiger partial charge in [-0.15, -0.1) is 0 Å². The van der Waals surface area contributed by atoms with Crippen molar-refractivity contribution < 1.29 is 4.39 Å². The van der Waals surface area contributed by atoms with E-state index < -0.39 is 0 Å². The minimum Gasteiger partial charge on any atom is -0.325 e. The predicted molar refractivity (Wildman–Crippen MR) is 125 cm³/mol. The lowest BCUT2D eigenvalue weighted by Crippen LogP contribution is -2.16. The van der Waals surface area contributed by atoms with Gasteiger partial charge in [0.25, 0.3) is 0 Å². The fourth-order valence-electron chi connectivity index (χ4n) is 4.32. The first-order valence-corrected chi connectivity index (χ1v) is 10.6. The lowest BCUT2D eigenvalue weighted by atomic mass is 10.0. The Morgan fingerprint density at radius 1 is 0.781 bits per heavy atom. The molecule has 0 amide bonds. The first-order chi connectivity index (χ1) is 15.8. The molecule has 2 aromatic heterocycles. The van der Waals surface area contributed by atoms with Crippen molar-refractivity contribution in [3.63, 3.8) is 0 Å². The molecule has 3 heterocycles. The quantitative estimate of drug-likeness (QED) is 0.350. The summed E-state index contributed by atoms with van der Waals surface area (Å²) in [7, 11) is 0. The van der Waals surface area contributed by atoms with Crippen molar-refractivity contribution in [1.29, 1.82) is 0 Å². The lowest BCUT2D eigenvalue weighted by Gasteiger charge is -2.21. The molecule has 32 heavy (non-hydrogen) atoms. The van der Waals surface area contributed by atoms with Gasteiger partial charge in [-0.25, -0.2) is 14.4 Å². The van der Waals surface area contributed by atoms with Gasteiger partial charge in [0.15, 0.2) is 5.82 Å². The molecule has 0 bridgehead atoms. The van der Waals surface area contributed by atoms with E-state index in [-0.39, 0.29) is 5.82 Å². The van der Waals surface area contributed by atoms with Gasteiger partial charge in [0.1, 0.15) is 11.6 Å². The highest BCUT2D eigenvalue weighted by atomic mass is 19.1. The molecule has 4 nitrogen and oxygen atoms in total. The van der Waals surface area contributed by atoms with Crippen LogP contribution >= 0.6 is 0 Å². The molecule has 0 atom stereocenters. The van der Waals surface area contributed by atoms with E-state index in [0.717, 1.165) is 46.4 Å². The van der Waals surface area contributed by atoms with E-state index in [0.29, 0.717) is 5.82 Å². The number of anilines is 2. The molecular formula is C27H19FN4. The number of rotatable bonds is 3. The summed E-state index contributed by atoms with van der Waals surface area (Å²) in [5.74, 6) is 1.29. The first kappa shape index (κ1) is 18.6. The topological polar surface area (TPSA) is 41.9 Å². The van der Waals surface area contributed by atoms with Crippen LogP contribution in [0.15, 0.2) is 91.3 Å². The van der Waals surface area contributed by atoms with Gasteiger partial charge in [-0.05, 0) is 65.6 Å². The molecule has 0 spiro atoms. The largest absolute Gasteiger partial charge is 0.325 e. The van der Waals surface area contributed by atoms with E-state index in [1.165, 1.54) is 23.4 Å². The fourth-order valence-corrected chi connectivity index (χ4v) is 4.32. The Morgan fingerprint density at radius 3 is 2.47 bits per heavy atom. The zero-order valence-corrected chi connectivity index (χ0v) is 17.2. The number of benzene rings is 3. The summed E-state index contributed by atoms with van der Waals surface area (Å²) in [5.41, 5.74) is 6.20. The number of hydrogen-bond acceptors (Lipinski definition) is 4. The van der Waals surface area contributed by atoms with Gasteiger partial charge in [0.05, 0.1) is 5.52 Å². The third kappa shape index (κ3) is 3.19. The van der Waals surface area contributed by atoms with Crippen LogP contribution in [0.5, 0.6) is 0 Å². The van der Waals surface area contributed by atoms with Crippen molar-refractivity contribution in [2.75, 3.05) is 11.4 Å². The summed E-state index contributed by atoms with van der Waals surface area (Å²) in [6.07, 6.45) is 4.51. The summed E-state index contributed by atoms with van der Waals surface area (Å²) < 4.78 is 13.4. The maximum atomic E-state index is 13.4. The van der Waals surface area contributed by atoms with Crippen molar-refractivity contribution >= 4 is 22.4 Å². The summed E-state index contributed by atoms with van der Waals surface area (Å²) in [4.78, 5) is 16.4. The molecule has 5 heteroatoms. The van der Waals surface area contributed by atoms with Gasteiger partial charge >= 0.3 is 0 Å². The molecule has 0 radical (unpaired) electrons. The maximum absolute atomic E-state index is 13.4. The van der Waals surface area contributed by atoms with Crippen molar-refractivity contribution in [3.8, 4) is 22.5 Å². The third-order valence-electron chi connectivity index (χ3n) is 5.92. The van der Waals surface area contributed by atoms with Crippen molar-refractivity contribution in [2.24, 2.45) is 0 Å². The Kier molecular flexibility index (Phi) is 4.39. The molecule has 154 valence electrons. The van der Waals surface area contributed by atoms with Crippen LogP contribution in [-0.2, 0) is 6.42 Å². The van der Waals surface area contributed by atoms with Gasteiger partial charge in [-0.2, -0.15) is 0 Å². The van der Waals surface area contributed by atoms with E-state index in [1.54, 1.807) is 24.5 Å². The molecule has 1 aliphatic rings. The molecule has 1 aliphatic heterocycles. The van der Waals surface area contributed by atoms with Crippen LogP contribution in [0.2, 0.25) is 0 Å². The summed E-state index contributed by atoms with van der Waals surface area (Å²) in [6.45, 7) is 0.860. The summed E-state index contributed by atoms with van der Waals surface area (Å²) in [5, 5.41) is 0.969. The van der Waals surface area contributed by atoms with Crippen molar-refractivity contribution in [1.82, 2.24) is 15.0 Å². The van der Waals surface area contributed by atoms with Crippen LogP contribution < -0.4 is 4.90 Å². The first-order valence-electron chi connectivity index (χ1n) is 10.6. The second kappa shape index (κ2) is 7.54. The highest BCUT2D eigenvalue weighted by Crippen LogP contribution is 2.38. The van der Waals surface area contributed by atoms with Gasteiger partial charge < -0.3 is 4.90 Å². The Balaban J connectivity index is 1.58. The Morgan fingerprint density at radius 2 is 1.62 bits per heavy atom. The van der Waals surface area contributed by atoms with E-state index in [9.17, 15) is 4.39 Å². The number of halogens is 1. The van der Waals surface area contributed by atoms with Crippen molar-refractivity contribution in [2.45, 2.75) is 6.42 Å². The number of para-hydroxylation sites is 1. The van der Waals surface area contributed by atoms with Crippen LogP contribution in [0.1, 0.15) is 5.56 Å². The van der Waals surface area contributed by atoms with Crippen LogP contribution in [0.4, 0.5) is 15.9 Å². The van der Waals surface area contributed by atoms with Crippen LogP contribution in [0, 0.1) is 5.82 Å². The smallest absolute Gasteiger partial charge is 0.163 e. The van der Waals surface area contributed by atoms with Gasteiger partial charge in [-0.3, -0.25) is 4.98 Å². The highest BCUT2D eigenvalue weighted by Gasteiger charge is 2.24. The SMILES string of the molecule is Fc1ccc(-c2ccc3nc(-c4cccnc4)nc(N4CCc5ccccc54)c3c2)cc1. The van der Waals surface area contributed by atoms with Gasteiger partial charge in [0, 0.05) is 35.6 Å². The van der Waals surface area contributed by atoms with E-state index in [4.69, 9.17) is 9.97 Å². The molecule has 3 aromatic carbocycles. The molecule has 0 unspecified atom stereocenters. The molecular weight excluding hydrogens is 399 g/mol. The number of hydrogen-bond donors (Lipinski definition) is 0. The molecule has 0 fully saturated rings. The van der Waals surface area contributed by atoms with E-state index in [2.05, 4.69) is 40.2 Å². The second-order valence-corrected chi connectivity index (χ2v) is 7.88. The standard InChI is InChI=1S/C27H19FN4/c28-22-10-7-18(8-11-22)20-9-12-24-23(16-20)27(31-26(30-24)21-5-3-14-29-17-21)32-15-13-19-4-1-2-6-25(19)32/h1-12,14,16-17H,13,15H2. The average molecular weight is 418 g/mol. The lowest BCUT2D eigenvalue weighted by molar-refractivity contribution is 0.628. The maximum Gasteiger partial charge on any atom is 0.163 e. The Bertz CT molecular complexity index is 1430. The number of aromatic nitrogens is 3. The summed E-state index contributed by atoms with van der Waals surface area (Å²) in [6, 6.07) is 25.0. The number of nitrogens with zero attached hydrogens (tertiary/aromatic N) is 4. The van der Waals surface area contributed by atoms with Gasteiger partial charge in [-0.1, -0.05) is 36.4 Å².